The predicted molar refractivity (Wildman–Crippen MR) is 77.3 cm³/mol. The first-order valence-electron chi connectivity index (χ1n) is 6.09. The van der Waals surface area contributed by atoms with Crippen LogP contribution in [0.25, 0.3) is 0 Å². The van der Waals surface area contributed by atoms with E-state index >= 15 is 0 Å². The topological polar surface area (TPSA) is 60.0 Å². The van der Waals surface area contributed by atoms with E-state index in [9.17, 15) is 8.42 Å². The number of benzene rings is 2. The summed E-state index contributed by atoms with van der Waals surface area (Å²) < 4.78 is 29.3. The van der Waals surface area contributed by atoms with Gasteiger partial charge >= 0.3 is 10.1 Å². The molecule has 4 nitrogen and oxygen atoms in total. The molecule has 0 spiro atoms. The van der Waals surface area contributed by atoms with E-state index in [1.54, 1.807) is 36.4 Å². The number of nitrogens with two attached hydrogens (primary N) is 1. The second kappa shape index (κ2) is 7.66. The van der Waals surface area contributed by atoms with E-state index in [0.29, 0.717) is 11.6 Å². The Morgan fingerprint density at radius 3 is 2.43 bits per heavy atom. The second-order valence-electron chi connectivity index (χ2n) is 4.22. The Labute approximate surface area is 135 Å². The fourth-order valence-electron chi connectivity index (χ4n) is 1.74. The maximum Gasteiger partial charge on any atom is 0.339 e. The standard InChI is InChI=1S/C14H14ClNO3S.ClH/c1-16-10-11-9-12(7-8-14(11)15)19-20(17,18)13-5-3-2-4-6-13;/h2-9,16H,10H2,1H3;1H. The number of hydrogen-bond donors (Lipinski definition) is 1. The molecule has 0 radical (unpaired) electrons. The SMILES string of the molecule is C[NH2+]Cc1cc(OS(=O)(=O)c2ccccc2)ccc1Cl.[Cl-]. The van der Waals surface area contributed by atoms with Crippen molar-refractivity contribution in [3.8, 4) is 5.75 Å². The van der Waals surface area contributed by atoms with Gasteiger partial charge in [-0.05, 0) is 30.3 Å². The zero-order valence-electron chi connectivity index (χ0n) is 11.3. The molecule has 0 bridgehead atoms. The average Bonchev–Trinajstić information content (AvgIpc) is 2.43. The monoisotopic (exact) mass is 347 g/mol. The lowest BCUT2D eigenvalue weighted by atomic mass is 10.2. The lowest BCUT2D eigenvalue weighted by molar-refractivity contribution is -0.643. The molecular formula is C14H15Cl2NO3S. The Kier molecular flexibility index (Phi) is 6.48. The maximum atomic E-state index is 12.1. The van der Waals surface area contributed by atoms with Gasteiger partial charge in [0.15, 0.2) is 0 Å². The molecule has 0 aliphatic carbocycles. The van der Waals surface area contributed by atoms with Gasteiger partial charge in [0.05, 0.1) is 7.05 Å². The van der Waals surface area contributed by atoms with Crippen LogP contribution in [0.5, 0.6) is 5.75 Å². The maximum absolute atomic E-state index is 12.1. The van der Waals surface area contributed by atoms with Crippen LogP contribution in [0.3, 0.4) is 0 Å². The van der Waals surface area contributed by atoms with Crippen molar-refractivity contribution in [1.82, 2.24) is 0 Å². The average molecular weight is 348 g/mol. The summed E-state index contributed by atoms with van der Waals surface area (Å²) in [5, 5.41) is 2.53. The van der Waals surface area contributed by atoms with E-state index in [-0.39, 0.29) is 23.1 Å². The Hall–Kier alpha value is -1.27. The van der Waals surface area contributed by atoms with Gasteiger partial charge in [0.25, 0.3) is 0 Å². The van der Waals surface area contributed by atoms with E-state index in [1.807, 2.05) is 12.4 Å². The molecule has 0 fully saturated rings. The molecule has 0 aliphatic heterocycles. The molecule has 0 unspecified atom stereocenters. The van der Waals surface area contributed by atoms with Crippen LogP contribution in [0, 0.1) is 0 Å². The fraction of sp³-hybridized carbons (Fsp3) is 0.143. The minimum absolute atomic E-state index is 0. The van der Waals surface area contributed by atoms with Gasteiger partial charge in [-0.2, -0.15) is 8.42 Å². The van der Waals surface area contributed by atoms with Crippen LogP contribution in [0.2, 0.25) is 5.02 Å². The molecule has 2 rings (SSSR count). The highest BCUT2D eigenvalue weighted by Gasteiger charge is 2.16. The number of rotatable bonds is 5. The molecule has 21 heavy (non-hydrogen) atoms. The van der Waals surface area contributed by atoms with Gasteiger partial charge in [0.2, 0.25) is 0 Å². The summed E-state index contributed by atoms with van der Waals surface area (Å²) >= 11 is 6.04. The second-order valence-corrected chi connectivity index (χ2v) is 6.17. The molecular weight excluding hydrogens is 333 g/mol. The summed E-state index contributed by atoms with van der Waals surface area (Å²) in [4.78, 5) is 0.124. The Balaban J connectivity index is 0.00000220. The van der Waals surface area contributed by atoms with Crippen molar-refractivity contribution in [2.45, 2.75) is 11.4 Å². The number of halogens is 2. The number of hydrogen-bond acceptors (Lipinski definition) is 3. The lowest BCUT2D eigenvalue weighted by Crippen LogP contribution is -3.00. The molecule has 2 aromatic rings. The summed E-state index contributed by atoms with van der Waals surface area (Å²) in [6, 6.07) is 12.8. The van der Waals surface area contributed by atoms with Crippen LogP contribution in [-0.4, -0.2) is 15.5 Å². The highest BCUT2D eigenvalue weighted by Crippen LogP contribution is 2.24. The first-order valence-corrected chi connectivity index (χ1v) is 7.87. The predicted octanol–water partition coefficient (Wildman–Crippen LogP) is -1.20. The third kappa shape index (κ3) is 4.61. The molecule has 0 heterocycles. The Morgan fingerprint density at radius 1 is 1.14 bits per heavy atom. The van der Waals surface area contributed by atoms with Crippen LogP contribution in [0.15, 0.2) is 53.4 Å². The van der Waals surface area contributed by atoms with Crippen molar-refractivity contribution in [2.75, 3.05) is 7.05 Å². The van der Waals surface area contributed by atoms with Crippen molar-refractivity contribution < 1.29 is 30.3 Å². The molecule has 0 saturated heterocycles. The van der Waals surface area contributed by atoms with Crippen LogP contribution in [0.1, 0.15) is 5.56 Å². The third-order valence-corrected chi connectivity index (χ3v) is 4.31. The molecule has 0 aliphatic rings. The Bertz CT molecular complexity index is 691. The van der Waals surface area contributed by atoms with Crippen LogP contribution < -0.4 is 21.9 Å². The molecule has 2 N–H and O–H groups in total. The van der Waals surface area contributed by atoms with Crippen molar-refractivity contribution in [3.63, 3.8) is 0 Å². The van der Waals surface area contributed by atoms with E-state index in [1.165, 1.54) is 12.1 Å². The van der Waals surface area contributed by atoms with Crippen LogP contribution >= 0.6 is 11.6 Å². The van der Waals surface area contributed by atoms with Gasteiger partial charge in [-0.25, -0.2) is 0 Å². The molecule has 0 amide bonds. The van der Waals surface area contributed by atoms with Gasteiger partial charge in [0, 0.05) is 10.6 Å². The largest absolute Gasteiger partial charge is 1.00 e. The van der Waals surface area contributed by atoms with Crippen LogP contribution in [-0.2, 0) is 16.7 Å². The van der Waals surface area contributed by atoms with Crippen molar-refractivity contribution in [1.29, 1.82) is 0 Å². The van der Waals surface area contributed by atoms with Gasteiger partial charge in [0.1, 0.15) is 17.2 Å². The zero-order chi connectivity index (χ0) is 14.6. The van der Waals surface area contributed by atoms with Crippen LogP contribution in [0.4, 0.5) is 0 Å². The van der Waals surface area contributed by atoms with Gasteiger partial charge in [-0.1, -0.05) is 29.8 Å². The normalized spacial score (nSPS) is 10.8. The highest BCUT2D eigenvalue weighted by atomic mass is 35.5. The van der Waals surface area contributed by atoms with Gasteiger partial charge in [-0.15, -0.1) is 0 Å². The molecule has 114 valence electrons. The summed E-state index contributed by atoms with van der Waals surface area (Å²) in [5.74, 6) is 0.259. The van der Waals surface area contributed by atoms with E-state index in [0.717, 1.165) is 5.56 Å². The minimum Gasteiger partial charge on any atom is -1.00 e. The van der Waals surface area contributed by atoms with Gasteiger partial charge in [-0.3, -0.25) is 0 Å². The van der Waals surface area contributed by atoms with E-state index < -0.39 is 10.1 Å². The summed E-state index contributed by atoms with van der Waals surface area (Å²) in [5.41, 5.74) is 0.829. The van der Waals surface area contributed by atoms with Gasteiger partial charge < -0.3 is 21.9 Å². The summed E-state index contributed by atoms with van der Waals surface area (Å²) in [6.07, 6.45) is 0. The summed E-state index contributed by atoms with van der Waals surface area (Å²) in [7, 11) is -1.90. The first kappa shape index (κ1) is 17.8. The molecule has 0 aromatic heterocycles. The molecule has 2 aromatic carbocycles. The van der Waals surface area contributed by atoms with Crippen molar-refractivity contribution >= 4 is 21.7 Å². The molecule has 0 atom stereocenters. The lowest BCUT2D eigenvalue weighted by Gasteiger charge is -2.09. The fourth-order valence-corrected chi connectivity index (χ4v) is 2.88. The minimum atomic E-state index is -3.81. The number of quaternary nitrogens is 1. The highest BCUT2D eigenvalue weighted by molar-refractivity contribution is 7.87. The van der Waals surface area contributed by atoms with Crippen molar-refractivity contribution in [3.05, 3.63) is 59.1 Å². The third-order valence-electron chi connectivity index (χ3n) is 2.68. The molecule has 7 heteroatoms. The van der Waals surface area contributed by atoms with E-state index in [4.69, 9.17) is 15.8 Å². The first-order chi connectivity index (χ1) is 9.53. The Morgan fingerprint density at radius 2 is 1.81 bits per heavy atom. The zero-order valence-corrected chi connectivity index (χ0v) is 13.6. The smallest absolute Gasteiger partial charge is 0.339 e. The quantitative estimate of drug-likeness (QED) is 0.691. The summed E-state index contributed by atoms with van der Waals surface area (Å²) in [6.45, 7) is 0.654. The van der Waals surface area contributed by atoms with E-state index in [2.05, 4.69) is 0 Å². The van der Waals surface area contributed by atoms with Crippen molar-refractivity contribution in [2.24, 2.45) is 0 Å². The molecule has 0 saturated carbocycles.